The molecule has 2 heterocycles. The van der Waals surface area contributed by atoms with Crippen molar-refractivity contribution >= 4 is 28.6 Å². The molecule has 19 heavy (non-hydrogen) atoms. The van der Waals surface area contributed by atoms with Gasteiger partial charge in [-0.25, -0.2) is 0 Å². The standard InChI is InChI=1S/C12H17ClN4O2/c1-4-9-10(16-18-3)14-12(13)15-11(9)17-5-6-19-7-8(17)2/h4,8H,5-7H2,1-3H3/b9-4+,16-10+/t8-/m0/s1. The summed E-state index contributed by atoms with van der Waals surface area (Å²) in [6.07, 6.45) is 1.91. The SMILES string of the molecule is C/C=C1/C(N2CCOC[C@@H]2C)=NC(Cl)=N/C1=N/OC. The van der Waals surface area contributed by atoms with Crippen molar-refractivity contribution in [1.82, 2.24) is 4.90 Å². The van der Waals surface area contributed by atoms with E-state index in [1.165, 1.54) is 7.11 Å². The average Bonchev–Trinajstić information content (AvgIpc) is 2.39. The number of halogens is 1. The lowest BCUT2D eigenvalue weighted by Crippen LogP contribution is -2.49. The summed E-state index contributed by atoms with van der Waals surface area (Å²) >= 11 is 5.97. The molecule has 0 aliphatic carbocycles. The summed E-state index contributed by atoms with van der Waals surface area (Å²) in [6, 6.07) is 0.230. The monoisotopic (exact) mass is 284 g/mol. The molecule has 0 spiro atoms. The summed E-state index contributed by atoms with van der Waals surface area (Å²) < 4.78 is 5.44. The van der Waals surface area contributed by atoms with E-state index < -0.39 is 0 Å². The fourth-order valence-corrected chi connectivity index (χ4v) is 2.26. The minimum absolute atomic E-state index is 0.162. The second kappa shape index (κ2) is 6.16. The molecule has 0 bridgehead atoms. The van der Waals surface area contributed by atoms with Gasteiger partial charge in [0, 0.05) is 6.54 Å². The number of oxime groups is 1. The van der Waals surface area contributed by atoms with Crippen LogP contribution in [0.4, 0.5) is 0 Å². The Morgan fingerprint density at radius 2 is 2.32 bits per heavy atom. The third kappa shape index (κ3) is 2.96. The van der Waals surface area contributed by atoms with Crippen LogP contribution >= 0.6 is 11.6 Å². The Kier molecular flexibility index (Phi) is 4.55. The molecule has 0 N–H and O–H groups in total. The van der Waals surface area contributed by atoms with Crippen LogP contribution in [-0.4, -0.2) is 54.8 Å². The maximum absolute atomic E-state index is 5.97. The lowest BCUT2D eigenvalue weighted by molar-refractivity contribution is 0.0335. The highest BCUT2D eigenvalue weighted by atomic mass is 35.5. The Bertz CT molecular complexity index is 470. The van der Waals surface area contributed by atoms with Gasteiger partial charge in [-0.1, -0.05) is 11.2 Å². The topological polar surface area (TPSA) is 58.8 Å². The van der Waals surface area contributed by atoms with Gasteiger partial charge in [-0.05, 0) is 25.4 Å². The van der Waals surface area contributed by atoms with E-state index in [2.05, 4.69) is 27.0 Å². The fraction of sp³-hybridized carbons (Fsp3) is 0.583. The molecule has 0 aromatic rings. The van der Waals surface area contributed by atoms with Crippen LogP contribution in [-0.2, 0) is 9.57 Å². The molecule has 104 valence electrons. The molecule has 2 rings (SSSR count). The number of hydrogen-bond acceptors (Lipinski definition) is 5. The van der Waals surface area contributed by atoms with Crippen LogP contribution in [0.5, 0.6) is 0 Å². The Balaban J connectivity index is 2.37. The summed E-state index contributed by atoms with van der Waals surface area (Å²) in [5.41, 5.74) is 0.819. The average molecular weight is 285 g/mol. The van der Waals surface area contributed by atoms with Crippen molar-refractivity contribution in [1.29, 1.82) is 0 Å². The molecule has 2 aliphatic rings. The van der Waals surface area contributed by atoms with Gasteiger partial charge in [-0.15, -0.1) is 0 Å². The van der Waals surface area contributed by atoms with E-state index >= 15 is 0 Å². The number of morpholine rings is 1. The second-order valence-corrected chi connectivity index (χ2v) is 4.57. The molecule has 0 radical (unpaired) electrons. The first-order valence-electron chi connectivity index (χ1n) is 6.12. The van der Waals surface area contributed by atoms with Crippen LogP contribution in [0.2, 0.25) is 0 Å². The summed E-state index contributed by atoms with van der Waals surface area (Å²) in [4.78, 5) is 15.4. The minimum atomic E-state index is 0.162. The molecule has 1 fully saturated rings. The van der Waals surface area contributed by atoms with Gasteiger partial charge in [-0.2, -0.15) is 9.98 Å². The van der Waals surface area contributed by atoms with E-state index in [1.54, 1.807) is 0 Å². The third-order valence-corrected chi connectivity index (χ3v) is 3.15. The molecule has 2 aliphatic heterocycles. The van der Waals surface area contributed by atoms with Crippen LogP contribution in [0.25, 0.3) is 0 Å². The molecular formula is C12H17ClN4O2. The van der Waals surface area contributed by atoms with Gasteiger partial charge in [0.05, 0.1) is 24.8 Å². The number of allylic oxidation sites excluding steroid dienone is 1. The van der Waals surface area contributed by atoms with Gasteiger partial charge in [0.2, 0.25) is 11.1 Å². The molecule has 0 aromatic carbocycles. The molecule has 0 amide bonds. The molecule has 1 saturated heterocycles. The van der Waals surface area contributed by atoms with Crippen molar-refractivity contribution in [2.75, 3.05) is 26.9 Å². The molecule has 7 heteroatoms. The highest BCUT2D eigenvalue weighted by Gasteiger charge is 2.29. The number of ether oxygens (including phenoxy) is 1. The van der Waals surface area contributed by atoms with Crippen LogP contribution in [0, 0.1) is 0 Å². The molecule has 0 saturated carbocycles. The number of aliphatic imine (C=N–C) groups is 2. The predicted octanol–water partition coefficient (Wildman–Crippen LogP) is 1.62. The fourth-order valence-electron chi connectivity index (χ4n) is 2.10. The van der Waals surface area contributed by atoms with E-state index in [9.17, 15) is 0 Å². The van der Waals surface area contributed by atoms with Crippen molar-refractivity contribution in [2.45, 2.75) is 19.9 Å². The van der Waals surface area contributed by atoms with Crippen LogP contribution in [0.15, 0.2) is 26.8 Å². The van der Waals surface area contributed by atoms with E-state index in [1.807, 2.05) is 13.0 Å². The Morgan fingerprint density at radius 1 is 1.53 bits per heavy atom. The largest absolute Gasteiger partial charge is 0.397 e. The minimum Gasteiger partial charge on any atom is -0.397 e. The number of amidine groups is 3. The van der Waals surface area contributed by atoms with E-state index in [-0.39, 0.29) is 11.3 Å². The van der Waals surface area contributed by atoms with Crippen molar-refractivity contribution in [3.05, 3.63) is 11.6 Å². The molecule has 1 atom stereocenters. The van der Waals surface area contributed by atoms with Crippen LogP contribution in [0.3, 0.4) is 0 Å². The molecule has 6 nitrogen and oxygen atoms in total. The van der Waals surface area contributed by atoms with E-state index in [0.29, 0.717) is 19.0 Å². The number of hydrogen-bond donors (Lipinski definition) is 0. The summed E-state index contributed by atoms with van der Waals surface area (Å²) in [7, 11) is 1.48. The van der Waals surface area contributed by atoms with Gasteiger partial charge >= 0.3 is 0 Å². The second-order valence-electron chi connectivity index (χ2n) is 4.23. The quantitative estimate of drug-likeness (QED) is 0.543. The maximum atomic E-state index is 5.97. The molecular weight excluding hydrogens is 268 g/mol. The van der Waals surface area contributed by atoms with Crippen molar-refractivity contribution < 1.29 is 9.57 Å². The zero-order valence-corrected chi connectivity index (χ0v) is 12.0. The summed E-state index contributed by atoms with van der Waals surface area (Å²) in [5, 5.41) is 4.06. The Labute approximate surface area is 117 Å². The van der Waals surface area contributed by atoms with Gasteiger partial charge in [0.1, 0.15) is 12.9 Å². The first-order chi connectivity index (χ1) is 9.17. The number of nitrogens with zero attached hydrogens (tertiary/aromatic N) is 4. The van der Waals surface area contributed by atoms with Crippen molar-refractivity contribution in [2.24, 2.45) is 15.1 Å². The van der Waals surface area contributed by atoms with Gasteiger partial charge in [0.25, 0.3) is 0 Å². The van der Waals surface area contributed by atoms with E-state index in [0.717, 1.165) is 18.0 Å². The molecule has 0 unspecified atom stereocenters. The highest BCUT2D eigenvalue weighted by Crippen LogP contribution is 2.19. The lowest BCUT2D eigenvalue weighted by atomic mass is 10.1. The predicted molar refractivity (Wildman–Crippen MR) is 75.9 cm³/mol. The smallest absolute Gasteiger partial charge is 0.226 e. The van der Waals surface area contributed by atoms with E-state index in [4.69, 9.17) is 21.2 Å². The third-order valence-electron chi connectivity index (χ3n) is 2.98. The zero-order chi connectivity index (χ0) is 13.8. The van der Waals surface area contributed by atoms with Crippen molar-refractivity contribution in [3.63, 3.8) is 0 Å². The first-order valence-corrected chi connectivity index (χ1v) is 6.50. The van der Waals surface area contributed by atoms with Gasteiger partial charge in [-0.3, -0.25) is 0 Å². The lowest BCUT2D eigenvalue weighted by Gasteiger charge is -2.36. The highest BCUT2D eigenvalue weighted by molar-refractivity contribution is 6.67. The zero-order valence-electron chi connectivity index (χ0n) is 11.3. The summed E-state index contributed by atoms with van der Waals surface area (Å²) in [6.45, 7) is 6.10. The Morgan fingerprint density at radius 3 is 2.95 bits per heavy atom. The van der Waals surface area contributed by atoms with Gasteiger partial charge in [0.15, 0.2) is 0 Å². The number of rotatable bonds is 1. The normalized spacial score (nSPS) is 28.4. The Hall–Kier alpha value is -1.40. The maximum Gasteiger partial charge on any atom is 0.226 e. The molecule has 0 aromatic heterocycles. The van der Waals surface area contributed by atoms with Crippen LogP contribution in [0.1, 0.15) is 13.8 Å². The summed E-state index contributed by atoms with van der Waals surface area (Å²) in [5.74, 6) is 1.22. The van der Waals surface area contributed by atoms with Gasteiger partial charge < -0.3 is 14.5 Å². The van der Waals surface area contributed by atoms with Crippen LogP contribution < -0.4 is 0 Å². The van der Waals surface area contributed by atoms with Crippen molar-refractivity contribution in [3.8, 4) is 0 Å². The first kappa shape index (κ1) is 14.0.